The summed E-state index contributed by atoms with van der Waals surface area (Å²) >= 11 is 1.79. The summed E-state index contributed by atoms with van der Waals surface area (Å²) in [5.41, 5.74) is 8.09. The molecule has 0 aliphatic heterocycles. The highest BCUT2D eigenvalue weighted by molar-refractivity contribution is 7.07. The molecule has 1 aliphatic rings. The van der Waals surface area contributed by atoms with E-state index in [9.17, 15) is 0 Å². The number of thiophene rings is 1. The largest absolute Gasteiger partial charge is 0.325 e. The SMILES string of the molecule is CCC1CCC(N)(CCc2ccsc2)CC1. The number of aryl methyl sites for hydroxylation is 1. The lowest BCUT2D eigenvalue weighted by Crippen LogP contribution is -2.43. The fraction of sp³-hybridized carbons (Fsp3) is 0.714. The van der Waals surface area contributed by atoms with Gasteiger partial charge in [0.25, 0.3) is 0 Å². The molecule has 0 unspecified atom stereocenters. The third-order valence-corrected chi connectivity index (χ3v) is 4.90. The highest BCUT2D eigenvalue weighted by Crippen LogP contribution is 2.34. The van der Waals surface area contributed by atoms with Gasteiger partial charge in [0.15, 0.2) is 0 Å². The zero-order valence-corrected chi connectivity index (χ0v) is 11.1. The van der Waals surface area contributed by atoms with E-state index < -0.39 is 0 Å². The summed E-state index contributed by atoms with van der Waals surface area (Å²) in [6.07, 6.45) is 8.82. The van der Waals surface area contributed by atoms with Gasteiger partial charge in [-0.15, -0.1) is 0 Å². The average Bonchev–Trinajstić information content (AvgIpc) is 2.81. The minimum absolute atomic E-state index is 0.133. The van der Waals surface area contributed by atoms with Crippen LogP contribution in [0.15, 0.2) is 16.8 Å². The quantitative estimate of drug-likeness (QED) is 0.842. The molecule has 2 rings (SSSR count). The predicted octanol–water partition coefficient (Wildman–Crippen LogP) is 3.98. The van der Waals surface area contributed by atoms with Crippen molar-refractivity contribution in [1.29, 1.82) is 0 Å². The van der Waals surface area contributed by atoms with Gasteiger partial charge < -0.3 is 5.73 Å². The average molecular weight is 237 g/mol. The van der Waals surface area contributed by atoms with Gasteiger partial charge in [-0.1, -0.05) is 13.3 Å². The van der Waals surface area contributed by atoms with Crippen molar-refractivity contribution in [2.24, 2.45) is 11.7 Å². The van der Waals surface area contributed by atoms with Crippen molar-refractivity contribution in [1.82, 2.24) is 0 Å². The number of rotatable bonds is 4. The van der Waals surface area contributed by atoms with Crippen LogP contribution in [0.2, 0.25) is 0 Å². The molecule has 1 nitrogen and oxygen atoms in total. The van der Waals surface area contributed by atoms with Crippen molar-refractivity contribution in [2.75, 3.05) is 0 Å². The van der Waals surface area contributed by atoms with Crippen LogP contribution in [0, 0.1) is 5.92 Å². The highest BCUT2D eigenvalue weighted by atomic mass is 32.1. The molecule has 0 spiro atoms. The fourth-order valence-corrected chi connectivity index (χ4v) is 3.44. The smallest absolute Gasteiger partial charge is 0.0157 e. The molecule has 0 amide bonds. The van der Waals surface area contributed by atoms with E-state index in [1.165, 1.54) is 44.1 Å². The maximum Gasteiger partial charge on any atom is 0.0157 e. The Hall–Kier alpha value is -0.340. The molecule has 90 valence electrons. The molecule has 1 fully saturated rings. The lowest BCUT2D eigenvalue weighted by molar-refractivity contribution is 0.218. The van der Waals surface area contributed by atoms with E-state index in [1.807, 2.05) is 0 Å². The first kappa shape index (κ1) is 12.1. The van der Waals surface area contributed by atoms with Crippen molar-refractivity contribution in [3.05, 3.63) is 22.4 Å². The maximum absolute atomic E-state index is 6.50. The first-order valence-corrected chi connectivity index (χ1v) is 7.46. The molecule has 0 aromatic carbocycles. The Labute approximate surface area is 103 Å². The van der Waals surface area contributed by atoms with Gasteiger partial charge in [-0.05, 0) is 66.8 Å². The second-order valence-corrected chi connectivity index (χ2v) is 6.13. The second kappa shape index (κ2) is 5.33. The molecule has 1 aromatic heterocycles. The normalized spacial score (nSPS) is 30.5. The molecule has 0 atom stereocenters. The monoisotopic (exact) mass is 237 g/mol. The van der Waals surface area contributed by atoms with Crippen LogP contribution in [0.4, 0.5) is 0 Å². The number of hydrogen-bond acceptors (Lipinski definition) is 2. The van der Waals surface area contributed by atoms with E-state index in [1.54, 1.807) is 11.3 Å². The fourth-order valence-electron chi connectivity index (χ4n) is 2.74. The second-order valence-electron chi connectivity index (χ2n) is 5.35. The van der Waals surface area contributed by atoms with Gasteiger partial charge in [0.05, 0.1) is 0 Å². The molecule has 2 N–H and O–H groups in total. The Morgan fingerprint density at radius 3 is 2.75 bits per heavy atom. The molecule has 1 aromatic rings. The molecule has 0 saturated heterocycles. The molecule has 0 radical (unpaired) electrons. The maximum atomic E-state index is 6.50. The van der Waals surface area contributed by atoms with Crippen molar-refractivity contribution >= 4 is 11.3 Å². The summed E-state index contributed by atoms with van der Waals surface area (Å²) < 4.78 is 0. The van der Waals surface area contributed by atoms with Crippen molar-refractivity contribution in [3.63, 3.8) is 0 Å². The van der Waals surface area contributed by atoms with Crippen LogP contribution < -0.4 is 5.73 Å². The van der Waals surface area contributed by atoms with E-state index in [0.29, 0.717) is 0 Å². The molecular formula is C14H23NS. The predicted molar refractivity (Wildman–Crippen MR) is 71.8 cm³/mol. The molecule has 1 aliphatic carbocycles. The van der Waals surface area contributed by atoms with Gasteiger partial charge in [0.2, 0.25) is 0 Å². The van der Waals surface area contributed by atoms with Gasteiger partial charge in [-0.3, -0.25) is 0 Å². The summed E-state index contributed by atoms with van der Waals surface area (Å²) in [6.45, 7) is 2.31. The van der Waals surface area contributed by atoms with E-state index in [2.05, 4.69) is 23.8 Å². The lowest BCUT2D eigenvalue weighted by atomic mass is 9.74. The van der Waals surface area contributed by atoms with Crippen LogP contribution in [0.3, 0.4) is 0 Å². The van der Waals surface area contributed by atoms with E-state index in [-0.39, 0.29) is 5.54 Å². The topological polar surface area (TPSA) is 26.0 Å². The van der Waals surface area contributed by atoms with Crippen LogP contribution in [-0.2, 0) is 6.42 Å². The summed E-state index contributed by atoms with van der Waals surface area (Å²) in [4.78, 5) is 0. The third-order valence-electron chi connectivity index (χ3n) is 4.17. The highest BCUT2D eigenvalue weighted by Gasteiger charge is 2.30. The molecule has 1 saturated carbocycles. The van der Waals surface area contributed by atoms with Crippen LogP contribution in [-0.4, -0.2) is 5.54 Å². The molecule has 2 heteroatoms. The van der Waals surface area contributed by atoms with Crippen molar-refractivity contribution in [3.8, 4) is 0 Å². The Balaban J connectivity index is 1.80. The molecular weight excluding hydrogens is 214 g/mol. The van der Waals surface area contributed by atoms with Crippen LogP contribution >= 0.6 is 11.3 Å². The minimum atomic E-state index is 0.133. The van der Waals surface area contributed by atoms with Gasteiger partial charge >= 0.3 is 0 Å². The number of hydrogen-bond donors (Lipinski definition) is 1. The molecule has 0 bridgehead atoms. The van der Waals surface area contributed by atoms with Gasteiger partial charge in [0.1, 0.15) is 0 Å². The van der Waals surface area contributed by atoms with Gasteiger partial charge in [0, 0.05) is 5.54 Å². The molecule has 16 heavy (non-hydrogen) atoms. The van der Waals surface area contributed by atoms with Crippen LogP contribution in [0.1, 0.15) is 51.0 Å². The summed E-state index contributed by atoms with van der Waals surface area (Å²) in [5.74, 6) is 0.942. The van der Waals surface area contributed by atoms with Crippen molar-refractivity contribution in [2.45, 2.75) is 57.4 Å². The Bertz CT molecular complexity index is 297. The van der Waals surface area contributed by atoms with Crippen molar-refractivity contribution < 1.29 is 0 Å². The van der Waals surface area contributed by atoms with Crippen LogP contribution in [0.25, 0.3) is 0 Å². The first-order valence-electron chi connectivity index (χ1n) is 6.52. The summed E-state index contributed by atoms with van der Waals surface area (Å²) in [6, 6.07) is 2.23. The Morgan fingerprint density at radius 2 is 2.19 bits per heavy atom. The minimum Gasteiger partial charge on any atom is -0.325 e. The van der Waals surface area contributed by atoms with E-state index >= 15 is 0 Å². The first-order chi connectivity index (χ1) is 7.72. The molecule has 1 heterocycles. The third kappa shape index (κ3) is 3.08. The lowest BCUT2D eigenvalue weighted by Gasteiger charge is -2.37. The van der Waals surface area contributed by atoms with Gasteiger partial charge in [-0.2, -0.15) is 11.3 Å². The summed E-state index contributed by atoms with van der Waals surface area (Å²) in [7, 11) is 0. The van der Waals surface area contributed by atoms with Gasteiger partial charge in [-0.25, -0.2) is 0 Å². The summed E-state index contributed by atoms with van der Waals surface area (Å²) in [5, 5.41) is 4.41. The Morgan fingerprint density at radius 1 is 1.44 bits per heavy atom. The van der Waals surface area contributed by atoms with Crippen LogP contribution in [0.5, 0.6) is 0 Å². The zero-order valence-electron chi connectivity index (χ0n) is 10.2. The number of nitrogens with two attached hydrogens (primary N) is 1. The Kier molecular flexibility index (Phi) is 4.04. The van der Waals surface area contributed by atoms with E-state index in [4.69, 9.17) is 5.73 Å². The standard InChI is InChI=1S/C14H23NS/c1-2-12-3-7-14(15,8-4-12)9-5-13-6-10-16-11-13/h6,10-12H,2-5,7-9,15H2,1H3. The van der Waals surface area contributed by atoms with E-state index in [0.717, 1.165) is 12.3 Å². The zero-order chi connectivity index (χ0) is 11.4.